The zero-order valence-electron chi connectivity index (χ0n) is 23.5. The van der Waals surface area contributed by atoms with Crippen LogP contribution in [-0.2, 0) is 9.53 Å². The molecule has 5 aromatic rings. The summed E-state index contributed by atoms with van der Waals surface area (Å²) in [5.41, 5.74) is 2.06. The average molecular weight is 595 g/mol. The SMILES string of the molecule is CCOC(=O)C1=C(C)N=c2s/c(=C/c3ccc(-c4ccc(C(=O)O)cc4)o3)c(=O)n2[C@@H]1c1ccc(OC)c2ccccc12. The number of carboxylic acids is 1. The molecule has 0 amide bonds. The number of rotatable bonds is 7. The third kappa shape index (κ3) is 4.95. The second-order valence-corrected chi connectivity index (χ2v) is 10.8. The number of esters is 1. The van der Waals surface area contributed by atoms with Crippen LogP contribution in [0, 0.1) is 0 Å². The van der Waals surface area contributed by atoms with Gasteiger partial charge < -0.3 is 19.0 Å². The maximum absolute atomic E-state index is 14.1. The van der Waals surface area contributed by atoms with Gasteiger partial charge in [0.1, 0.15) is 17.3 Å². The molecule has 0 radical (unpaired) electrons. The molecule has 0 saturated heterocycles. The number of carboxylic acid groups (broad SMARTS) is 1. The van der Waals surface area contributed by atoms with Crippen LogP contribution in [0.15, 0.2) is 98.3 Å². The monoisotopic (exact) mass is 594 g/mol. The second-order valence-electron chi connectivity index (χ2n) is 9.79. The molecule has 0 bridgehead atoms. The Morgan fingerprint density at radius 1 is 1.05 bits per heavy atom. The van der Waals surface area contributed by atoms with Gasteiger partial charge in [0.25, 0.3) is 5.56 Å². The minimum atomic E-state index is -1.01. The predicted molar refractivity (Wildman–Crippen MR) is 162 cm³/mol. The van der Waals surface area contributed by atoms with E-state index in [1.807, 2.05) is 36.4 Å². The third-order valence-corrected chi connectivity index (χ3v) is 8.25. The second kappa shape index (κ2) is 11.2. The normalized spacial score (nSPS) is 14.9. The topological polar surface area (TPSA) is 120 Å². The Hall–Kier alpha value is -5.22. The summed E-state index contributed by atoms with van der Waals surface area (Å²) in [5, 5.41) is 10.9. The number of carbonyl (C=O) groups is 2. The molecule has 6 rings (SSSR count). The number of hydrogen-bond donors (Lipinski definition) is 1. The number of ether oxygens (including phenoxy) is 2. The van der Waals surface area contributed by atoms with Gasteiger partial charge in [0.2, 0.25) is 0 Å². The van der Waals surface area contributed by atoms with E-state index in [-0.39, 0.29) is 17.7 Å². The highest BCUT2D eigenvalue weighted by atomic mass is 32.1. The van der Waals surface area contributed by atoms with Crippen LogP contribution >= 0.6 is 11.3 Å². The summed E-state index contributed by atoms with van der Waals surface area (Å²) in [6, 6.07) is 20.4. The standard InChI is InChI=1S/C33H26N2O7S/c1-4-41-32(39)28-18(2)34-33-35(29(28)24-14-16-26(40-3)23-8-6-5-7-22(23)24)30(36)27(43-33)17-21-13-15-25(42-21)19-9-11-20(12-10-19)31(37)38/h5-17,29H,4H2,1-3H3,(H,37,38)/b27-17+/t29-/m1/s1. The molecule has 1 atom stereocenters. The predicted octanol–water partition coefficient (Wildman–Crippen LogP) is 4.92. The number of hydrogen-bond acceptors (Lipinski definition) is 8. The number of benzene rings is 3. The number of thiazole rings is 1. The van der Waals surface area contributed by atoms with E-state index >= 15 is 0 Å². The molecule has 0 spiro atoms. The zero-order chi connectivity index (χ0) is 30.2. The summed E-state index contributed by atoms with van der Waals surface area (Å²) in [6.07, 6.45) is 1.64. The molecular formula is C33H26N2O7S. The minimum absolute atomic E-state index is 0.174. The zero-order valence-corrected chi connectivity index (χ0v) is 24.3. The molecule has 1 aliphatic rings. The van der Waals surface area contributed by atoms with Gasteiger partial charge in [-0.1, -0.05) is 53.8 Å². The maximum Gasteiger partial charge on any atom is 0.338 e. The van der Waals surface area contributed by atoms with Crippen LogP contribution in [0.4, 0.5) is 0 Å². The highest BCUT2D eigenvalue weighted by Crippen LogP contribution is 2.38. The van der Waals surface area contributed by atoms with Crippen LogP contribution in [0.2, 0.25) is 0 Å². The molecule has 9 nitrogen and oxygen atoms in total. The van der Waals surface area contributed by atoms with Crippen molar-refractivity contribution in [1.82, 2.24) is 4.57 Å². The van der Waals surface area contributed by atoms with E-state index in [2.05, 4.69) is 4.99 Å². The highest BCUT2D eigenvalue weighted by molar-refractivity contribution is 7.07. The van der Waals surface area contributed by atoms with Crippen molar-refractivity contribution < 1.29 is 28.6 Å². The summed E-state index contributed by atoms with van der Waals surface area (Å²) >= 11 is 1.20. The van der Waals surface area contributed by atoms with Crippen molar-refractivity contribution in [2.24, 2.45) is 4.99 Å². The molecule has 0 fully saturated rings. The van der Waals surface area contributed by atoms with E-state index < -0.39 is 18.0 Å². The van der Waals surface area contributed by atoms with Crippen molar-refractivity contribution in [3.05, 3.63) is 121 Å². The number of furan rings is 1. The number of aromatic nitrogens is 1. The number of allylic oxidation sites excluding steroid dienone is 1. The van der Waals surface area contributed by atoms with Gasteiger partial charge in [-0.05, 0) is 55.1 Å². The fraction of sp³-hybridized carbons (Fsp3) is 0.152. The number of methoxy groups -OCH3 is 1. The number of aromatic carboxylic acids is 1. The van der Waals surface area contributed by atoms with Gasteiger partial charge in [-0.3, -0.25) is 9.36 Å². The Labute approximate surface area is 249 Å². The lowest BCUT2D eigenvalue weighted by atomic mass is 9.91. The van der Waals surface area contributed by atoms with Gasteiger partial charge in [-0.25, -0.2) is 14.6 Å². The Bertz CT molecular complexity index is 2120. The summed E-state index contributed by atoms with van der Waals surface area (Å²) in [4.78, 5) is 43.7. The lowest BCUT2D eigenvalue weighted by Crippen LogP contribution is -2.40. The fourth-order valence-corrected chi connectivity index (χ4v) is 6.32. The summed E-state index contributed by atoms with van der Waals surface area (Å²) in [7, 11) is 1.60. The first-order valence-electron chi connectivity index (χ1n) is 13.5. The van der Waals surface area contributed by atoms with E-state index in [0.717, 1.165) is 16.3 Å². The lowest BCUT2D eigenvalue weighted by molar-refractivity contribution is -0.139. The molecule has 1 N–H and O–H groups in total. The van der Waals surface area contributed by atoms with Gasteiger partial charge in [0.15, 0.2) is 4.80 Å². The smallest absolute Gasteiger partial charge is 0.338 e. The Balaban J connectivity index is 1.50. The summed E-state index contributed by atoms with van der Waals surface area (Å²) < 4.78 is 18.9. The van der Waals surface area contributed by atoms with Crippen LogP contribution in [0.25, 0.3) is 28.2 Å². The average Bonchev–Trinajstić information content (AvgIpc) is 3.60. The Morgan fingerprint density at radius 3 is 2.49 bits per heavy atom. The molecule has 0 saturated carbocycles. The van der Waals surface area contributed by atoms with Crippen LogP contribution < -0.4 is 19.6 Å². The molecule has 2 aromatic heterocycles. The van der Waals surface area contributed by atoms with Gasteiger partial charge in [-0.15, -0.1) is 0 Å². The van der Waals surface area contributed by atoms with E-state index in [4.69, 9.17) is 19.0 Å². The van der Waals surface area contributed by atoms with Gasteiger partial charge in [0, 0.05) is 17.0 Å². The summed E-state index contributed by atoms with van der Waals surface area (Å²) in [6.45, 7) is 3.66. The fourth-order valence-electron chi connectivity index (χ4n) is 5.29. The Kier molecular flexibility index (Phi) is 7.29. The van der Waals surface area contributed by atoms with Crippen molar-refractivity contribution in [2.75, 3.05) is 13.7 Å². The van der Waals surface area contributed by atoms with Crippen molar-refractivity contribution >= 4 is 40.1 Å². The van der Waals surface area contributed by atoms with Crippen molar-refractivity contribution in [3.8, 4) is 17.1 Å². The van der Waals surface area contributed by atoms with Crippen LogP contribution in [0.5, 0.6) is 5.75 Å². The van der Waals surface area contributed by atoms with E-state index in [1.165, 1.54) is 23.5 Å². The van der Waals surface area contributed by atoms with Crippen LogP contribution in [0.3, 0.4) is 0 Å². The van der Waals surface area contributed by atoms with Crippen molar-refractivity contribution in [1.29, 1.82) is 0 Å². The maximum atomic E-state index is 14.1. The van der Waals surface area contributed by atoms with E-state index in [1.54, 1.807) is 55.9 Å². The molecular weight excluding hydrogens is 568 g/mol. The van der Waals surface area contributed by atoms with E-state index in [9.17, 15) is 14.4 Å². The number of carbonyl (C=O) groups excluding carboxylic acids is 1. The molecule has 3 aromatic carbocycles. The molecule has 216 valence electrons. The first-order chi connectivity index (χ1) is 20.8. The molecule has 10 heteroatoms. The van der Waals surface area contributed by atoms with Crippen molar-refractivity contribution in [3.63, 3.8) is 0 Å². The number of nitrogens with zero attached hydrogens (tertiary/aromatic N) is 2. The van der Waals surface area contributed by atoms with Crippen molar-refractivity contribution in [2.45, 2.75) is 19.9 Å². The molecule has 3 heterocycles. The third-order valence-electron chi connectivity index (χ3n) is 7.27. The summed E-state index contributed by atoms with van der Waals surface area (Å²) in [5.74, 6) is 0.0996. The largest absolute Gasteiger partial charge is 0.496 e. The lowest BCUT2D eigenvalue weighted by Gasteiger charge is -2.26. The van der Waals surface area contributed by atoms with E-state index in [0.29, 0.717) is 43.4 Å². The van der Waals surface area contributed by atoms with Gasteiger partial charge in [0.05, 0.1) is 41.1 Å². The van der Waals surface area contributed by atoms with Gasteiger partial charge >= 0.3 is 11.9 Å². The quantitative estimate of drug-likeness (QED) is 0.266. The first-order valence-corrected chi connectivity index (χ1v) is 14.3. The molecule has 0 aliphatic carbocycles. The first kappa shape index (κ1) is 27.9. The molecule has 0 unspecified atom stereocenters. The highest BCUT2D eigenvalue weighted by Gasteiger charge is 2.34. The van der Waals surface area contributed by atoms with Crippen LogP contribution in [-0.4, -0.2) is 35.3 Å². The molecule has 43 heavy (non-hydrogen) atoms. The van der Waals surface area contributed by atoms with Crippen LogP contribution in [0.1, 0.15) is 41.6 Å². The number of fused-ring (bicyclic) bond motifs is 2. The Morgan fingerprint density at radius 2 is 1.79 bits per heavy atom. The molecule has 1 aliphatic heterocycles. The minimum Gasteiger partial charge on any atom is -0.496 e. The van der Waals surface area contributed by atoms with Gasteiger partial charge in [-0.2, -0.15) is 0 Å².